The Morgan fingerprint density at radius 1 is 1.28 bits per heavy atom. The third-order valence-electron chi connectivity index (χ3n) is 4.14. The number of benzene rings is 1. The Labute approximate surface area is 104 Å². The normalized spacial score (nSPS) is 32.7. The van der Waals surface area contributed by atoms with Gasteiger partial charge in [0, 0.05) is 24.0 Å². The summed E-state index contributed by atoms with van der Waals surface area (Å²) in [4.78, 5) is 21.6. The molecule has 0 spiro atoms. The molecule has 92 valence electrons. The van der Waals surface area contributed by atoms with E-state index >= 15 is 0 Å². The Morgan fingerprint density at radius 3 is 2.78 bits per heavy atom. The number of nitro benzene ring substituents is 1. The Balaban J connectivity index is 1.99. The zero-order chi connectivity index (χ0) is 12.7. The van der Waals surface area contributed by atoms with Crippen LogP contribution < -0.4 is 0 Å². The van der Waals surface area contributed by atoms with E-state index in [2.05, 4.69) is 12.2 Å². The van der Waals surface area contributed by atoms with Crippen molar-refractivity contribution >= 4 is 12.0 Å². The first-order chi connectivity index (χ1) is 8.70. The van der Waals surface area contributed by atoms with Crippen molar-refractivity contribution in [2.45, 2.75) is 12.3 Å². The number of non-ortho nitro benzene ring substituents is 1. The van der Waals surface area contributed by atoms with E-state index in [1.807, 2.05) is 6.07 Å². The van der Waals surface area contributed by atoms with Gasteiger partial charge in [0.1, 0.15) is 6.29 Å². The highest BCUT2D eigenvalue weighted by molar-refractivity contribution is 5.60. The lowest BCUT2D eigenvalue weighted by Crippen LogP contribution is -2.19. The predicted octanol–water partition coefficient (Wildman–Crippen LogP) is 2.70. The number of carbonyl (C=O) groups is 1. The van der Waals surface area contributed by atoms with E-state index in [1.54, 1.807) is 12.1 Å². The highest BCUT2D eigenvalue weighted by Gasteiger charge is 2.45. The molecule has 1 saturated carbocycles. The maximum absolute atomic E-state index is 11.2. The first-order valence-corrected chi connectivity index (χ1v) is 6.08. The van der Waals surface area contributed by atoms with Crippen molar-refractivity contribution in [2.75, 3.05) is 0 Å². The Hall–Kier alpha value is -1.97. The molecule has 4 atom stereocenters. The minimum absolute atomic E-state index is 0.0259. The molecule has 0 amide bonds. The van der Waals surface area contributed by atoms with Crippen molar-refractivity contribution in [3.8, 4) is 0 Å². The molecular weight excluding hydrogens is 230 g/mol. The smallest absolute Gasteiger partial charge is 0.269 e. The standard InChI is InChI=1S/C14H13NO3/c16-8-13-9-4-5-11(6-9)14(13)10-2-1-3-12(7-10)15(17)18/h1-5,7-9,11,13-14H,6H2/t9-,11+,13+,14+/m0/s1. The first-order valence-electron chi connectivity index (χ1n) is 6.08. The fourth-order valence-corrected chi connectivity index (χ4v) is 3.36. The van der Waals surface area contributed by atoms with Crippen LogP contribution in [0.4, 0.5) is 5.69 Å². The molecule has 0 N–H and O–H groups in total. The van der Waals surface area contributed by atoms with Crippen LogP contribution in [-0.2, 0) is 4.79 Å². The SMILES string of the molecule is O=C[C@H]1[C@H](c2cccc([N+](=O)[O-])c2)[C@@H]2C=C[C@H]1C2. The largest absolute Gasteiger partial charge is 0.303 e. The highest BCUT2D eigenvalue weighted by atomic mass is 16.6. The van der Waals surface area contributed by atoms with Crippen LogP contribution in [0.3, 0.4) is 0 Å². The Morgan fingerprint density at radius 2 is 2.06 bits per heavy atom. The monoisotopic (exact) mass is 243 g/mol. The average molecular weight is 243 g/mol. The van der Waals surface area contributed by atoms with Crippen LogP contribution in [0.15, 0.2) is 36.4 Å². The van der Waals surface area contributed by atoms with Crippen LogP contribution in [0.25, 0.3) is 0 Å². The number of carbonyl (C=O) groups excluding carboxylic acids is 1. The van der Waals surface area contributed by atoms with Gasteiger partial charge in [-0.1, -0.05) is 24.3 Å². The quantitative estimate of drug-likeness (QED) is 0.355. The van der Waals surface area contributed by atoms with Gasteiger partial charge in [-0.3, -0.25) is 10.1 Å². The van der Waals surface area contributed by atoms with Crippen molar-refractivity contribution < 1.29 is 9.72 Å². The number of nitrogens with zero attached hydrogens (tertiary/aromatic N) is 1. The van der Waals surface area contributed by atoms with Gasteiger partial charge in [-0.15, -0.1) is 0 Å². The summed E-state index contributed by atoms with van der Waals surface area (Å²) < 4.78 is 0. The lowest BCUT2D eigenvalue weighted by Gasteiger charge is -2.23. The molecule has 1 fully saturated rings. The molecular formula is C14H13NO3. The molecule has 2 aliphatic carbocycles. The van der Waals surface area contributed by atoms with Gasteiger partial charge >= 0.3 is 0 Å². The molecule has 3 rings (SSSR count). The molecule has 4 heteroatoms. The van der Waals surface area contributed by atoms with Gasteiger partial charge in [0.05, 0.1) is 4.92 Å². The lowest BCUT2D eigenvalue weighted by molar-refractivity contribution is -0.384. The molecule has 0 aliphatic heterocycles. The third kappa shape index (κ3) is 1.56. The summed E-state index contributed by atoms with van der Waals surface area (Å²) in [5.41, 5.74) is 1.02. The van der Waals surface area contributed by atoms with Crippen LogP contribution in [-0.4, -0.2) is 11.2 Å². The van der Waals surface area contributed by atoms with Crippen molar-refractivity contribution in [2.24, 2.45) is 17.8 Å². The zero-order valence-corrected chi connectivity index (χ0v) is 9.73. The summed E-state index contributed by atoms with van der Waals surface area (Å²) in [7, 11) is 0. The van der Waals surface area contributed by atoms with E-state index in [0.717, 1.165) is 18.3 Å². The second-order valence-corrected chi connectivity index (χ2v) is 5.04. The van der Waals surface area contributed by atoms with Gasteiger partial charge in [0.15, 0.2) is 0 Å². The van der Waals surface area contributed by atoms with Crippen LogP contribution in [0.2, 0.25) is 0 Å². The summed E-state index contributed by atoms with van der Waals surface area (Å²) in [6.45, 7) is 0. The van der Waals surface area contributed by atoms with Gasteiger partial charge < -0.3 is 4.79 Å². The van der Waals surface area contributed by atoms with Crippen LogP contribution in [0.1, 0.15) is 17.9 Å². The first kappa shape index (κ1) is 11.1. The maximum Gasteiger partial charge on any atom is 0.269 e. The molecule has 1 aromatic rings. The van der Waals surface area contributed by atoms with Crippen LogP contribution in [0, 0.1) is 27.9 Å². The molecule has 18 heavy (non-hydrogen) atoms. The average Bonchev–Trinajstić information content (AvgIpc) is 2.98. The molecule has 2 aliphatic rings. The number of hydrogen-bond donors (Lipinski definition) is 0. The number of aldehydes is 1. The molecule has 4 nitrogen and oxygen atoms in total. The van der Waals surface area contributed by atoms with E-state index in [0.29, 0.717) is 11.8 Å². The van der Waals surface area contributed by atoms with Crippen molar-refractivity contribution in [1.29, 1.82) is 0 Å². The second kappa shape index (κ2) is 4.05. The van der Waals surface area contributed by atoms with E-state index in [1.165, 1.54) is 6.07 Å². The number of allylic oxidation sites excluding steroid dienone is 2. The van der Waals surface area contributed by atoms with Crippen molar-refractivity contribution in [1.82, 2.24) is 0 Å². The summed E-state index contributed by atoms with van der Waals surface area (Å²) >= 11 is 0. The Bertz CT molecular complexity index is 538. The van der Waals surface area contributed by atoms with E-state index in [4.69, 9.17) is 0 Å². The number of nitro groups is 1. The topological polar surface area (TPSA) is 60.2 Å². The fraction of sp³-hybridized carbons (Fsp3) is 0.357. The minimum atomic E-state index is -0.386. The van der Waals surface area contributed by atoms with Crippen LogP contribution >= 0.6 is 0 Å². The lowest BCUT2D eigenvalue weighted by atomic mass is 9.79. The Kier molecular flexibility index (Phi) is 2.51. The number of hydrogen-bond acceptors (Lipinski definition) is 3. The molecule has 2 bridgehead atoms. The molecule has 0 saturated heterocycles. The van der Waals surface area contributed by atoms with E-state index in [-0.39, 0.29) is 22.4 Å². The zero-order valence-electron chi connectivity index (χ0n) is 9.73. The summed E-state index contributed by atoms with van der Waals surface area (Å²) in [5.74, 6) is 0.753. The van der Waals surface area contributed by atoms with E-state index < -0.39 is 0 Å². The van der Waals surface area contributed by atoms with Gasteiger partial charge in [0.25, 0.3) is 5.69 Å². The van der Waals surface area contributed by atoms with Crippen molar-refractivity contribution in [3.63, 3.8) is 0 Å². The highest BCUT2D eigenvalue weighted by Crippen LogP contribution is 2.52. The fourth-order valence-electron chi connectivity index (χ4n) is 3.36. The van der Waals surface area contributed by atoms with Crippen LogP contribution in [0.5, 0.6) is 0 Å². The number of rotatable bonds is 3. The third-order valence-corrected chi connectivity index (χ3v) is 4.14. The van der Waals surface area contributed by atoms with Gasteiger partial charge in [-0.25, -0.2) is 0 Å². The predicted molar refractivity (Wildman–Crippen MR) is 66.1 cm³/mol. The molecule has 0 aromatic heterocycles. The summed E-state index contributed by atoms with van der Waals surface area (Å²) in [6.07, 6.45) is 6.26. The van der Waals surface area contributed by atoms with E-state index in [9.17, 15) is 14.9 Å². The number of fused-ring (bicyclic) bond motifs is 2. The van der Waals surface area contributed by atoms with Gasteiger partial charge in [-0.2, -0.15) is 0 Å². The maximum atomic E-state index is 11.2. The molecule has 0 unspecified atom stereocenters. The summed E-state index contributed by atoms with van der Waals surface area (Å²) in [6, 6.07) is 6.69. The second-order valence-electron chi connectivity index (χ2n) is 5.04. The van der Waals surface area contributed by atoms with Crippen molar-refractivity contribution in [3.05, 3.63) is 52.1 Å². The van der Waals surface area contributed by atoms with Gasteiger partial charge in [0.2, 0.25) is 0 Å². The molecule has 1 aromatic carbocycles. The molecule has 0 heterocycles. The molecule has 0 radical (unpaired) electrons. The minimum Gasteiger partial charge on any atom is -0.303 e. The summed E-state index contributed by atoms with van der Waals surface area (Å²) in [5, 5.41) is 10.8. The van der Waals surface area contributed by atoms with Gasteiger partial charge in [-0.05, 0) is 23.8 Å².